The number of hydrogen-bond acceptors (Lipinski definition) is 3. The number of hydrogen-bond donors (Lipinski definition) is 1. The molecule has 0 amide bonds. The highest BCUT2D eigenvalue weighted by molar-refractivity contribution is 5.44. The monoisotopic (exact) mass is 253 g/mol. The van der Waals surface area contributed by atoms with Crippen LogP contribution in [0.2, 0.25) is 0 Å². The summed E-state index contributed by atoms with van der Waals surface area (Å²) in [5, 5.41) is 3.18. The number of nitrogens with zero attached hydrogens (tertiary/aromatic N) is 2. The minimum absolute atomic E-state index is 0.386. The van der Waals surface area contributed by atoms with E-state index in [9.17, 15) is 0 Å². The van der Waals surface area contributed by atoms with Gasteiger partial charge in [-0.1, -0.05) is 24.3 Å². The highest BCUT2D eigenvalue weighted by Gasteiger charge is 2.29. The summed E-state index contributed by atoms with van der Waals surface area (Å²) in [5.74, 6) is 1.37. The topological polar surface area (TPSA) is 37.8 Å². The second-order valence-electron chi connectivity index (χ2n) is 5.22. The Morgan fingerprint density at radius 1 is 1.16 bits per heavy atom. The molecule has 1 aromatic carbocycles. The maximum absolute atomic E-state index is 4.72. The van der Waals surface area contributed by atoms with E-state index < -0.39 is 0 Å². The van der Waals surface area contributed by atoms with Crippen molar-refractivity contribution in [3.8, 4) is 0 Å². The van der Waals surface area contributed by atoms with Crippen LogP contribution in [0, 0.1) is 13.8 Å². The summed E-state index contributed by atoms with van der Waals surface area (Å²) in [7, 11) is 1.95. The van der Waals surface area contributed by atoms with E-state index in [0.29, 0.717) is 5.92 Å². The van der Waals surface area contributed by atoms with Crippen molar-refractivity contribution in [2.75, 3.05) is 7.05 Å². The number of aromatic nitrogens is 2. The highest BCUT2D eigenvalue weighted by atomic mass is 14.9. The molecule has 3 rings (SSSR count). The van der Waals surface area contributed by atoms with E-state index in [2.05, 4.69) is 43.4 Å². The Morgan fingerprint density at radius 2 is 1.84 bits per heavy atom. The molecule has 1 aromatic heterocycles. The Morgan fingerprint density at radius 3 is 2.47 bits per heavy atom. The fraction of sp³-hybridized carbons (Fsp3) is 0.375. The van der Waals surface area contributed by atoms with Crippen LogP contribution in [0.15, 0.2) is 24.3 Å². The first kappa shape index (κ1) is 12.3. The van der Waals surface area contributed by atoms with Crippen LogP contribution in [0.3, 0.4) is 0 Å². The van der Waals surface area contributed by atoms with Gasteiger partial charge >= 0.3 is 0 Å². The zero-order valence-corrected chi connectivity index (χ0v) is 11.7. The molecule has 1 N–H and O–H groups in total. The van der Waals surface area contributed by atoms with Gasteiger partial charge < -0.3 is 5.32 Å². The molecule has 19 heavy (non-hydrogen) atoms. The SMILES string of the molecule is CNCc1c(C)nc(C2Cc3ccccc32)nc1C. The van der Waals surface area contributed by atoms with Gasteiger partial charge in [-0.3, -0.25) is 0 Å². The van der Waals surface area contributed by atoms with Crippen molar-refractivity contribution in [1.29, 1.82) is 0 Å². The van der Waals surface area contributed by atoms with Gasteiger partial charge in [0.2, 0.25) is 0 Å². The molecule has 3 nitrogen and oxygen atoms in total. The first-order valence-electron chi connectivity index (χ1n) is 6.77. The lowest BCUT2D eigenvalue weighted by atomic mass is 9.77. The fourth-order valence-corrected chi connectivity index (χ4v) is 2.84. The number of benzene rings is 1. The molecule has 1 heterocycles. The Bertz CT molecular complexity index is 596. The van der Waals surface area contributed by atoms with E-state index in [0.717, 1.165) is 30.2 Å². The lowest BCUT2D eigenvalue weighted by Gasteiger charge is -2.29. The van der Waals surface area contributed by atoms with E-state index in [1.807, 2.05) is 7.05 Å². The molecule has 1 atom stereocenters. The standard InChI is InChI=1S/C16H19N3/c1-10-15(9-17-3)11(2)19-16(18-10)14-8-12-6-4-5-7-13(12)14/h4-7,14,17H,8-9H2,1-3H3. The summed E-state index contributed by atoms with van der Waals surface area (Å²) in [6.07, 6.45) is 1.07. The molecule has 2 aromatic rings. The maximum atomic E-state index is 4.72. The van der Waals surface area contributed by atoms with E-state index in [1.54, 1.807) is 0 Å². The minimum atomic E-state index is 0.386. The molecule has 0 saturated heterocycles. The zero-order chi connectivity index (χ0) is 13.4. The summed E-state index contributed by atoms with van der Waals surface area (Å²) >= 11 is 0. The smallest absolute Gasteiger partial charge is 0.136 e. The Hall–Kier alpha value is -1.74. The maximum Gasteiger partial charge on any atom is 0.136 e. The van der Waals surface area contributed by atoms with Crippen molar-refractivity contribution in [2.24, 2.45) is 0 Å². The Kier molecular flexibility index (Phi) is 3.07. The molecule has 1 aliphatic carbocycles. The van der Waals surface area contributed by atoms with Crippen LogP contribution < -0.4 is 5.32 Å². The van der Waals surface area contributed by atoms with Gasteiger partial charge in [0.05, 0.1) is 0 Å². The van der Waals surface area contributed by atoms with Crippen LogP contribution in [0.5, 0.6) is 0 Å². The van der Waals surface area contributed by atoms with E-state index in [-0.39, 0.29) is 0 Å². The number of nitrogens with one attached hydrogen (secondary N) is 1. The third kappa shape index (κ3) is 2.04. The number of rotatable bonds is 3. The lowest BCUT2D eigenvalue weighted by molar-refractivity contribution is 0.646. The summed E-state index contributed by atoms with van der Waals surface area (Å²) in [6, 6.07) is 8.59. The predicted molar refractivity (Wildman–Crippen MR) is 76.3 cm³/mol. The van der Waals surface area contributed by atoms with Gasteiger partial charge in [0, 0.05) is 29.4 Å². The molecule has 0 fully saturated rings. The molecule has 0 radical (unpaired) electrons. The van der Waals surface area contributed by atoms with Crippen molar-refractivity contribution >= 4 is 0 Å². The molecule has 0 saturated carbocycles. The van der Waals surface area contributed by atoms with Gasteiger partial charge in [-0.15, -0.1) is 0 Å². The molecular formula is C16H19N3. The van der Waals surface area contributed by atoms with Crippen molar-refractivity contribution < 1.29 is 0 Å². The molecular weight excluding hydrogens is 234 g/mol. The molecule has 0 bridgehead atoms. The Labute approximate surface area is 114 Å². The molecule has 0 spiro atoms. The number of fused-ring (bicyclic) bond motifs is 1. The second-order valence-corrected chi connectivity index (χ2v) is 5.22. The molecule has 3 heteroatoms. The van der Waals surface area contributed by atoms with E-state index in [1.165, 1.54) is 16.7 Å². The summed E-state index contributed by atoms with van der Waals surface area (Å²) in [4.78, 5) is 9.44. The average Bonchev–Trinajstić information content (AvgIpc) is 2.35. The van der Waals surface area contributed by atoms with Gasteiger partial charge in [-0.2, -0.15) is 0 Å². The van der Waals surface area contributed by atoms with Gasteiger partial charge in [0.25, 0.3) is 0 Å². The largest absolute Gasteiger partial charge is 0.316 e. The van der Waals surface area contributed by atoms with Crippen molar-refractivity contribution in [2.45, 2.75) is 32.7 Å². The first-order chi connectivity index (χ1) is 9.20. The summed E-state index contributed by atoms with van der Waals surface area (Å²) in [5.41, 5.74) is 6.25. The normalized spacial score (nSPS) is 16.9. The predicted octanol–water partition coefficient (Wildman–Crippen LogP) is 2.50. The van der Waals surface area contributed by atoms with Gasteiger partial charge in [0.15, 0.2) is 0 Å². The van der Waals surface area contributed by atoms with Crippen molar-refractivity contribution in [3.63, 3.8) is 0 Å². The summed E-state index contributed by atoms with van der Waals surface area (Å²) < 4.78 is 0. The van der Waals surface area contributed by atoms with Crippen LogP contribution >= 0.6 is 0 Å². The fourth-order valence-electron chi connectivity index (χ4n) is 2.84. The molecule has 1 unspecified atom stereocenters. The minimum Gasteiger partial charge on any atom is -0.316 e. The van der Waals surface area contributed by atoms with Crippen LogP contribution in [0.4, 0.5) is 0 Å². The Balaban J connectivity index is 1.96. The quantitative estimate of drug-likeness (QED) is 0.913. The molecule has 1 aliphatic rings. The lowest BCUT2D eigenvalue weighted by Crippen LogP contribution is -2.22. The summed E-state index contributed by atoms with van der Waals surface area (Å²) in [6.45, 7) is 4.99. The van der Waals surface area contributed by atoms with Crippen molar-refractivity contribution in [3.05, 3.63) is 58.2 Å². The zero-order valence-electron chi connectivity index (χ0n) is 11.7. The van der Waals surface area contributed by atoms with Crippen molar-refractivity contribution in [1.82, 2.24) is 15.3 Å². The highest BCUT2D eigenvalue weighted by Crippen LogP contribution is 2.38. The van der Waals surface area contributed by atoms with Gasteiger partial charge in [-0.05, 0) is 38.4 Å². The van der Waals surface area contributed by atoms with Crippen LogP contribution in [0.25, 0.3) is 0 Å². The van der Waals surface area contributed by atoms with Crippen LogP contribution in [0.1, 0.15) is 39.8 Å². The first-order valence-corrected chi connectivity index (χ1v) is 6.77. The third-order valence-corrected chi connectivity index (χ3v) is 3.96. The number of aryl methyl sites for hydroxylation is 2. The van der Waals surface area contributed by atoms with E-state index >= 15 is 0 Å². The van der Waals surface area contributed by atoms with E-state index in [4.69, 9.17) is 9.97 Å². The molecule has 0 aliphatic heterocycles. The third-order valence-electron chi connectivity index (χ3n) is 3.96. The van der Waals surface area contributed by atoms with Gasteiger partial charge in [0.1, 0.15) is 5.82 Å². The van der Waals surface area contributed by atoms with Gasteiger partial charge in [-0.25, -0.2) is 9.97 Å². The van der Waals surface area contributed by atoms with Crippen LogP contribution in [-0.4, -0.2) is 17.0 Å². The molecule has 98 valence electrons. The van der Waals surface area contributed by atoms with Crippen LogP contribution in [-0.2, 0) is 13.0 Å². The average molecular weight is 253 g/mol. The second kappa shape index (κ2) is 4.74.